The molecule has 2 rings (SSSR count). The fourth-order valence-corrected chi connectivity index (χ4v) is 2.11. The number of hydrogen-bond acceptors (Lipinski definition) is 2. The first kappa shape index (κ1) is 14.3. The van der Waals surface area contributed by atoms with E-state index in [1.807, 2.05) is 25.1 Å². The Balaban J connectivity index is 2.39. The van der Waals surface area contributed by atoms with Crippen molar-refractivity contribution in [1.82, 2.24) is 0 Å². The fourth-order valence-electron chi connectivity index (χ4n) is 2.11. The van der Waals surface area contributed by atoms with E-state index in [4.69, 9.17) is 4.74 Å². The molecule has 0 fully saturated rings. The highest BCUT2D eigenvalue weighted by Gasteiger charge is 2.20. The van der Waals surface area contributed by atoms with E-state index in [1.165, 1.54) is 5.56 Å². The average molecular weight is 268 g/mol. The number of aryl methyl sites for hydroxylation is 1. The predicted molar refractivity (Wildman–Crippen MR) is 81.8 cm³/mol. The molecule has 0 N–H and O–H groups in total. The summed E-state index contributed by atoms with van der Waals surface area (Å²) in [6.07, 6.45) is 0.831. The summed E-state index contributed by atoms with van der Waals surface area (Å²) in [5.74, 6) is 1.65. The molecule has 0 aliphatic heterocycles. The van der Waals surface area contributed by atoms with Crippen LogP contribution in [-0.2, 0) is 5.41 Å². The van der Waals surface area contributed by atoms with E-state index in [0.717, 1.165) is 23.3 Å². The molecular weight excluding hydrogens is 248 g/mol. The van der Waals surface area contributed by atoms with E-state index >= 15 is 0 Å². The molecule has 0 atom stereocenters. The van der Waals surface area contributed by atoms with Gasteiger partial charge in [-0.3, -0.25) is 4.79 Å². The van der Waals surface area contributed by atoms with Gasteiger partial charge in [-0.2, -0.15) is 0 Å². The van der Waals surface area contributed by atoms with Crippen molar-refractivity contribution in [2.75, 3.05) is 0 Å². The maximum absolute atomic E-state index is 10.7. The molecule has 2 nitrogen and oxygen atoms in total. The number of ether oxygens (including phenoxy) is 1. The van der Waals surface area contributed by atoms with Crippen LogP contribution in [0.15, 0.2) is 42.5 Å². The Morgan fingerprint density at radius 1 is 1.00 bits per heavy atom. The van der Waals surface area contributed by atoms with Gasteiger partial charge in [0.25, 0.3) is 0 Å². The van der Waals surface area contributed by atoms with E-state index in [0.29, 0.717) is 5.56 Å². The highest BCUT2D eigenvalue weighted by Crippen LogP contribution is 2.36. The number of benzene rings is 2. The summed E-state index contributed by atoms with van der Waals surface area (Å²) in [6, 6.07) is 13.4. The van der Waals surface area contributed by atoms with Gasteiger partial charge in [0.15, 0.2) is 0 Å². The second-order valence-electron chi connectivity index (χ2n) is 5.99. The lowest BCUT2D eigenvalue weighted by Crippen LogP contribution is -2.13. The van der Waals surface area contributed by atoms with E-state index < -0.39 is 0 Å². The molecule has 104 valence electrons. The van der Waals surface area contributed by atoms with Gasteiger partial charge in [-0.15, -0.1) is 0 Å². The van der Waals surface area contributed by atoms with Crippen LogP contribution in [0.25, 0.3) is 0 Å². The Kier molecular flexibility index (Phi) is 3.93. The summed E-state index contributed by atoms with van der Waals surface area (Å²) < 4.78 is 6.05. The van der Waals surface area contributed by atoms with Gasteiger partial charge < -0.3 is 4.74 Å². The van der Waals surface area contributed by atoms with Gasteiger partial charge in [0.2, 0.25) is 0 Å². The van der Waals surface area contributed by atoms with Crippen LogP contribution in [0.3, 0.4) is 0 Å². The van der Waals surface area contributed by atoms with Gasteiger partial charge >= 0.3 is 0 Å². The maximum atomic E-state index is 10.7. The van der Waals surface area contributed by atoms with Gasteiger partial charge in [0.1, 0.15) is 17.8 Å². The van der Waals surface area contributed by atoms with Gasteiger partial charge in [-0.1, -0.05) is 39.0 Å². The minimum Gasteiger partial charge on any atom is -0.457 e. The highest BCUT2D eigenvalue weighted by molar-refractivity contribution is 5.74. The first-order valence-electron chi connectivity index (χ1n) is 6.75. The number of carbonyl (C=O) groups excluding carboxylic acids is 1. The first-order valence-corrected chi connectivity index (χ1v) is 6.75. The Bertz CT molecular complexity index is 604. The van der Waals surface area contributed by atoms with Crippen LogP contribution in [0.5, 0.6) is 11.5 Å². The summed E-state index contributed by atoms with van der Waals surface area (Å²) in [6.45, 7) is 8.56. The zero-order valence-electron chi connectivity index (χ0n) is 12.4. The number of aldehydes is 1. The summed E-state index contributed by atoms with van der Waals surface area (Å²) in [7, 11) is 0. The summed E-state index contributed by atoms with van der Waals surface area (Å²) >= 11 is 0. The number of hydrogen-bond donors (Lipinski definition) is 0. The number of rotatable bonds is 3. The maximum Gasteiger partial charge on any atom is 0.150 e. The summed E-state index contributed by atoms with van der Waals surface area (Å²) in [5.41, 5.74) is 2.96. The van der Waals surface area contributed by atoms with Gasteiger partial charge in [-0.05, 0) is 42.2 Å². The second kappa shape index (κ2) is 5.49. The molecule has 0 aliphatic rings. The van der Waals surface area contributed by atoms with Crippen LogP contribution < -0.4 is 4.74 Å². The SMILES string of the molecule is Cc1cccc(C(C)(C)C)c1Oc1ccc(C=O)cc1. The minimum absolute atomic E-state index is 0.0179. The van der Waals surface area contributed by atoms with E-state index in [2.05, 4.69) is 32.9 Å². The average Bonchev–Trinajstić information content (AvgIpc) is 2.40. The zero-order chi connectivity index (χ0) is 14.8. The molecule has 0 bridgehead atoms. The van der Waals surface area contributed by atoms with Crippen LogP contribution in [0.2, 0.25) is 0 Å². The fraction of sp³-hybridized carbons (Fsp3) is 0.278. The van der Waals surface area contributed by atoms with Crippen molar-refractivity contribution in [2.24, 2.45) is 0 Å². The van der Waals surface area contributed by atoms with Crippen molar-refractivity contribution in [3.05, 3.63) is 59.2 Å². The molecule has 0 heterocycles. The molecule has 2 aromatic carbocycles. The quantitative estimate of drug-likeness (QED) is 0.740. The Hall–Kier alpha value is -2.09. The molecule has 0 radical (unpaired) electrons. The second-order valence-corrected chi connectivity index (χ2v) is 5.99. The molecule has 0 aromatic heterocycles. The van der Waals surface area contributed by atoms with Crippen molar-refractivity contribution in [1.29, 1.82) is 0 Å². The molecule has 0 aliphatic carbocycles. The molecule has 2 heteroatoms. The third kappa shape index (κ3) is 3.08. The molecule has 0 saturated heterocycles. The Morgan fingerprint density at radius 3 is 2.20 bits per heavy atom. The van der Waals surface area contributed by atoms with Gasteiger partial charge in [0, 0.05) is 11.1 Å². The van der Waals surface area contributed by atoms with Gasteiger partial charge in [0.05, 0.1) is 0 Å². The van der Waals surface area contributed by atoms with Crippen molar-refractivity contribution in [3.63, 3.8) is 0 Å². The highest BCUT2D eigenvalue weighted by atomic mass is 16.5. The predicted octanol–water partition coefficient (Wildman–Crippen LogP) is 4.90. The monoisotopic (exact) mass is 268 g/mol. The van der Waals surface area contributed by atoms with Crippen LogP contribution >= 0.6 is 0 Å². The van der Waals surface area contributed by atoms with Crippen LogP contribution in [0.1, 0.15) is 42.3 Å². The molecule has 0 saturated carbocycles. The van der Waals surface area contributed by atoms with Crippen LogP contribution in [0.4, 0.5) is 0 Å². The van der Waals surface area contributed by atoms with E-state index in [-0.39, 0.29) is 5.41 Å². The first-order chi connectivity index (χ1) is 9.41. The Morgan fingerprint density at radius 2 is 1.65 bits per heavy atom. The topological polar surface area (TPSA) is 26.3 Å². The van der Waals surface area contributed by atoms with Crippen LogP contribution in [-0.4, -0.2) is 6.29 Å². The third-order valence-corrected chi connectivity index (χ3v) is 3.26. The number of para-hydroxylation sites is 1. The van der Waals surface area contributed by atoms with Crippen molar-refractivity contribution in [3.8, 4) is 11.5 Å². The Labute approximate surface area is 120 Å². The standard InChI is InChI=1S/C18H20O2/c1-13-6-5-7-16(18(2,3)4)17(13)20-15-10-8-14(12-19)9-11-15/h5-12H,1-4H3. The normalized spacial score (nSPS) is 11.2. The lowest BCUT2D eigenvalue weighted by atomic mass is 9.85. The van der Waals surface area contributed by atoms with Crippen molar-refractivity contribution < 1.29 is 9.53 Å². The summed E-state index contributed by atoms with van der Waals surface area (Å²) in [5, 5.41) is 0. The lowest BCUT2D eigenvalue weighted by Gasteiger charge is -2.24. The largest absolute Gasteiger partial charge is 0.457 e. The number of carbonyl (C=O) groups is 1. The molecular formula is C18H20O2. The third-order valence-electron chi connectivity index (χ3n) is 3.26. The van der Waals surface area contributed by atoms with E-state index in [9.17, 15) is 4.79 Å². The summed E-state index contributed by atoms with van der Waals surface area (Å²) in [4.78, 5) is 10.7. The minimum atomic E-state index is 0.0179. The van der Waals surface area contributed by atoms with E-state index in [1.54, 1.807) is 12.1 Å². The molecule has 2 aromatic rings. The molecule has 0 spiro atoms. The molecule has 0 unspecified atom stereocenters. The van der Waals surface area contributed by atoms with Crippen molar-refractivity contribution >= 4 is 6.29 Å². The zero-order valence-corrected chi connectivity index (χ0v) is 12.4. The molecule has 20 heavy (non-hydrogen) atoms. The lowest BCUT2D eigenvalue weighted by molar-refractivity contribution is 0.112. The van der Waals surface area contributed by atoms with Gasteiger partial charge in [-0.25, -0.2) is 0 Å². The van der Waals surface area contributed by atoms with Crippen molar-refractivity contribution in [2.45, 2.75) is 33.1 Å². The van der Waals surface area contributed by atoms with Crippen LogP contribution in [0, 0.1) is 6.92 Å². The smallest absolute Gasteiger partial charge is 0.150 e. The molecule has 0 amide bonds.